The summed E-state index contributed by atoms with van der Waals surface area (Å²) in [5, 5.41) is 0.963. The van der Waals surface area contributed by atoms with Crippen molar-refractivity contribution in [2.24, 2.45) is 0 Å². The van der Waals surface area contributed by atoms with E-state index in [1.165, 1.54) is 18.3 Å². The maximum atomic E-state index is 13.3. The van der Waals surface area contributed by atoms with Gasteiger partial charge in [0.15, 0.2) is 0 Å². The molecule has 11 heteroatoms. The van der Waals surface area contributed by atoms with Gasteiger partial charge in [-0.2, -0.15) is 13.2 Å². The maximum absolute atomic E-state index is 13.3. The van der Waals surface area contributed by atoms with Gasteiger partial charge in [0, 0.05) is 22.4 Å². The van der Waals surface area contributed by atoms with Gasteiger partial charge in [-0.25, -0.2) is 14.8 Å². The van der Waals surface area contributed by atoms with Gasteiger partial charge in [-0.15, -0.1) is 0 Å². The zero-order valence-electron chi connectivity index (χ0n) is 15.7. The van der Waals surface area contributed by atoms with E-state index in [2.05, 4.69) is 14.7 Å². The molecule has 0 saturated carbocycles. The highest BCUT2D eigenvalue weighted by molar-refractivity contribution is 6.34. The van der Waals surface area contributed by atoms with Crippen molar-refractivity contribution in [1.82, 2.24) is 14.5 Å². The highest BCUT2D eigenvalue weighted by Gasteiger charge is 2.34. The first-order valence-electron chi connectivity index (χ1n) is 8.69. The number of aromatic nitrogens is 3. The highest BCUT2D eigenvalue weighted by Crippen LogP contribution is 2.33. The number of nitrogens with zero attached hydrogens (tertiary/aromatic N) is 3. The Morgan fingerprint density at radius 3 is 2.55 bits per heavy atom. The van der Waals surface area contributed by atoms with Gasteiger partial charge in [0.25, 0.3) is 5.56 Å². The highest BCUT2D eigenvalue weighted by atomic mass is 35.5. The lowest BCUT2D eigenvalue weighted by atomic mass is 10.1. The number of carbonyl (C=O) groups is 1. The number of rotatable bonds is 2. The largest absolute Gasteiger partial charge is 0.465 e. The van der Waals surface area contributed by atoms with E-state index in [4.69, 9.17) is 17.3 Å². The van der Waals surface area contributed by atoms with Crippen LogP contribution in [0.5, 0.6) is 0 Å². The summed E-state index contributed by atoms with van der Waals surface area (Å²) in [7, 11) is 1.06. The number of hydrogen-bond donors (Lipinski definition) is 1. The van der Waals surface area contributed by atoms with Crippen LogP contribution in [-0.4, -0.2) is 27.6 Å². The van der Waals surface area contributed by atoms with Crippen molar-refractivity contribution < 1.29 is 22.7 Å². The Kier molecular flexibility index (Phi) is 4.81. The number of nitrogens with two attached hydrogens (primary N) is 1. The third-order valence-corrected chi connectivity index (χ3v) is 5.02. The van der Waals surface area contributed by atoms with E-state index in [1.54, 1.807) is 12.1 Å². The van der Waals surface area contributed by atoms with E-state index in [-0.39, 0.29) is 27.6 Å². The second kappa shape index (κ2) is 7.24. The van der Waals surface area contributed by atoms with E-state index >= 15 is 0 Å². The van der Waals surface area contributed by atoms with E-state index < -0.39 is 29.0 Å². The molecule has 0 aliphatic rings. The van der Waals surface area contributed by atoms with E-state index in [9.17, 15) is 22.8 Å². The predicted octanol–water partition coefficient (Wildman–Crippen LogP) is 3.97. The summed E-state index contributed by atoms with van der Waals surface area (Å²) in [4.78, 5) is 33.2. The molecule has 0 fully saturated rings. The number of esters is 1. The van der Waals surface area contributed by atoms with Crippen LogP contribution in [0, 0.1) is 0 Å². The Bertz CT molecular complexity index is 1430. The minimum atomic E-state index is -4.77. The first kappa shape index (κ1) is 20.6. The van der Waals surface area contributed by atoms with E-state index in [0.29, 0.717) is 10.8 Å². The molecule has 2 N–H and O–H groups in total. The van der Waals surface area contributed by atoms with Crippen LogP contribution in [0.3, 0.4) is 0 Å². The standard InChI is InChI=1S/C20H12ClF3N4O3/c1-31-19(30)14-15(25)11-5-6-13(20(22,23)24)27-17(11)28(18(14)29)12-4-2-3-10-9(12)7-8-26-16(10)21/h2-8H,25H2,1H3. The van der Waals surface area contributed by atoms with Gasteiger partial charge in [-0.3, -0.25) is 9.36 Å². The number of fused-ring (bicyclic) bond motifs is 2. The Labute approximate surface area is 176 Å². The summed E-state index contributed by atoms with van der Waals surface area (Å²) >= 11 is 6.13. The monoisotopic (exact) mass is 448 g/mol. The van der Waals surface area contributed by atoms with Crippen LogP contribution in [0.1, 0.15) is 16.1 Å². The third kappa shape index (κ3) is 3.25. The molecular formula is C20H12ClF3N4O3. The van der Waals surface area contributed by atoms with Crippen molar-refractivity contribution in [3.8, 4) is 5.69 Å². The average Bonchev–Trinajstić information content (AvgIpc) is 2.73. The average molecular weight is 449 g/mol. The van der Waals surface area contributed by atoms with Crippen LogP contribution < -0.4 is 11.3 Å². The summed E-state index contributed by atoms with van der Waals surface area (Å²) < 4.78 is 45.6. The van der Waals surface area contributed by atoms with Crippen LogP contribution in [0.15, 0.2) is 47.4 Å². The van der Waals surface area contributed by atoms with Gasteiger partial charge < -0.3 is 10.5 Å². The molecule has 0 spiro atoms. The summed E-state index contributed by atoms with van der Waals surface area (Å²) in [6.45, 7) is 0. The normalized spacial score (nSPS) is 11.8. The zero-order valence-corrected chi connectivity index (χ0v) is 16.5. The molecule has 0 atom stereocenters. The Morgan fingerprint density at radius 1 is 1.13 bits per heavy atom. The molecule has 0 amide bonds. The molecule has 4 rings (SSSR count). The number of alkyl halides is 3. The number of halogens is 4. The number of ether oxygens (including phenoxy) is 1. The second-order valence-corrected chi connectivity index (χ2v) is 6.82. The number of nitrogen functional groups attached to an aromatic ring is 1. The fourth-order valence-electron chi connectivity index (χ4n) is 3.32. The lowest BCUT2D eigenvalue weighted by Gasteiger charge is -2.17. The quantitative estimate of drug-likeness (QED) is 0.368. The van der Waals surface area contributed by atoms with Gasteiger partial charge in [-0.1, -0.05) is 23.7 Å². The molecule has 0 unspecified atom stereocenters. The molecule has 3 heterocycles. The minimum absolute atomic E-state index is 0.0230. The number of hydrogen-bond acceptors (Lipinski definition) is 6. The first-order valence-corrected chi connectivity index (χ1v) is 9.07. The zero-order chi connectivity index (χ0) is 22.5. The molecule has 0 saturated heterocycles. The van der Waals surface area contributed by atoms with Crippen LogP contribution in [-0.2, 0) is 10.9 Å². The van der Waals surface area contributed by atoms with Crippen molar-refractivity contribution in [2.75, 3.05) is 12.8 Å². The van der Waals surface area contributed by atoms with Gasteiger partial charge in [0.05, 0.1) is 18.5 Å². The van der Waals surface area contributed by atoms with E-state index in [1.807, 2.05) is 0 Å². The third-order valence-electron chi connectivity index (χ3n) is 4.72. The smallest absolute Gasteiger partial charge is 0.433 e. The Hall–Kier alpha value is -3.66. The summed E-state index contributed by atoms with van der Waals surface area (Å²) in [6.07, 6.45) is -3.38. The van der Waals surface area contributed by atoms with Crippen LogP contribution in [0.2, 0.25) is 5.15 Å². The molecule has 158 valence electrons. The fraction of sp³-hybridized carbons (Fsp3) is 0.100. The minimum Gasteiger partial charge on any atom is -0.465 e. The number of methoxy groups -OCH3 is 1. The second-order valence-electron chi connectivity index (χ2n) is 6.46. The molecule has 0 bridgehead atoms. The van der Waals surface area contributed by atoms with Crippen molar-refractivity contribution in [3.05, 3.63) is 69.4 Å². The number of benzene rings is 1. The van der Waals surface area contributed by atoms with Crippen LogP contribution in [0.25, 0.3) is 27.5 Å². The summed E-state index contributed by atoms with van der Waals surface area (Å²) in [5.74, 6) is -1.03. The number of carbonyl (C=O) groups excluding carboxylic acids is 1. The molecule has 0 radical (unpaired) electrons. The lowest BCUT2D eigenvalue weighted by molar-refractivity contribution is -0.141. The summed E-state index contributed by atoms with van der Waals surface area (Å²) in [6, 6.07) is 7.98. The van der Waals surface area contributed by atoms with Gasteiger partial charge in [-0.05, 0) is 24.3 Å². The van der Waals surface area contributed by atoms with Crippen LogP contribution in [0.4, 0.5) is 18.9 Å². The summed E-state index contributed by atoms with van der Waals surface area (Å²) in [5.41, 5.74) is 2.69. The molecule has 0 aliphatic carbocycles. The predicted molar refractivity (Wildman–Crippen MR) is 108 cm³/mol. The Balaban J connectivity index is 2.24. The molecule has 1 aromatic carbocycles. The Morgan fingerprint density at radius 2 is 1.87 bits per heavy atom. The van der Waals surface area contributed by atoms with Crippen molar-refractivity contribution >= 4 is 45.1 Å². The van der Waals surface area contributed by atoms with Gasteiger partial charge in [0.1, 0.15) is 22.1 Å². The molecule has 3 aromatic heterocycles. The van der Waals surface area contributed by atoms with E-state index in [0.717, 1.165) is 23.8 Å². The molecule has 0 aliphatic heterocycles. The molecule has 7 nitrogen and oxygen atoms in total. The van der Waals surface area contributed by atoms with Gasteiger partial charge >= 0.3 is 12.1 Å². The lowest BCUT2D eigenvalue weighted by Crippen LogP contribution is -2.29. The van der Waals surface area contributed by atoms with Crippen molar-refractivity contribution in [2.45, 2.75) is 6.18 Å². The van der Waals surface area contributed by atoms with Crippen molar-refractivity contribution in [1.29, 1.82) is 0 Å². The first-order chi connectivity index (χ1) is 14.6. The SMILES string of the molecule is COC(=O)c1c(N)c2ccc(C(F)(F)F)nc2n(-c2cccc3c(Cl)nccc23)c1=O. The topological polar surface area (TPSA) is 100 Å². The maximum Gasteiger partial charge on any atom is 0.433 e. The van der Waals surface area contributed by atoms with Crippen LogP contribution >= 0.6 is 11.6 Å². The van der Waals surface area contributed by atoms with Gasteiger partial charge in [0.2, 0.25) is 0 Å². The molecule has 31 heavy (non-hydrogen) atoms. The van der Waals surface area contributed by atoms with Crippen molar-refractivity contribution in [3.63, 3.8) is 0 Å². The fourth-order valence-corrected chi connectivity index (χ4v) is 3.54. The molecule has 4 aromatic rings. The number of anilines is 1. The number of pyridine rings is 3. The molecular weight excluding hydrogens is 437 g/mol.